The molecule has 0 aliphatic carbocycles. The lowest BCUT2D eigenvalue weighted by Gasteiger charge is -2.16. The van der Waals surface area contributed by atoms with E-state index < -0.39 is 0 Å². The SMILES string of the molecule is CC[C@H](C)Oc1ccccc1CNC(=O)CCc1cc2n(n1)CCCNC2. The molecule has 2 N–H and O–H groups in total. The molecule has 1 aromatic heterocycles. The lowest BCUT2D eigenvalue weighted by molar-refractivity contribution is -0.121. The quantitative estimate of drug-likeness (QED) is 0.750. The van der Waals surface area contributed by atoms with E-state index in [1.54, 1.807) is 0 Å². The Labute approximate surface area is 161 Å². The fraction of sp³-hybridized carbons (Fsp3) is 0.524. The van der Waals surface area contributed by atoms with Gasteiger partial charge in [-0.05, 0) is 38.4 Å². The Morgan fingerprint density at radius 2 is 2.26 bits per heavy atom. The Morgan fingerprint density at radius 1 is 1.41 bits per heavy atom. The number of amides is 1. The summed E-state index contributed by atoms with van der Waals surface area (Å²) in [5.74, 6) is 0.882. The summed E-state index contributed by atoms with van der Waals surface area (Å²) in [5.41, 5.74) is 3.20. The number of nitrogens with one attached hydrogen (secondary N) is 2. The number of aromatic nitrogens is 2. The summed E-state index contributed by atoms with van der Waals surface area (Å²) in [6, 6.07) is 10.00. The Kier molecular flexibility index (Phi) is 6.87. The molecular formula is C21H30N4O2. The predicted molar refractivity (Wildman–Crippen MR) is 106 cm³/mol. The molecule has 0 saturated heterocycles. The van der Waals surface area contributed by atoms with E-state index in [0.717, 1.165) is 49.5 Å². The molecule has 0 spiro atoms. The number of rotatable bonds is 8. The fourth-order valence-corrected chi connectivity index (χ4v) is 3.13. The highest BCUT2D eigenvalue weighted by Crippen LogP contribution is 2.20. The molecule has 27 heavy (non-hydrogen) atoms. The molecule has 1 amide bonds. The van der Waals surface area contributed by atoms with E-state index in [1.165, 1.54) is 5.69 Å². The zero-order valence-electron chi connectivity index (χ0n) is 16.3. The summed E-state index contributed by atoms with van der Waals surface area (Å²) in [7, 11) is 0. The molecule has 146 valence electrons. The topological polar surface area (TPSA) is 68.2 Å². The molecule has 0 radical (unpaired) electrons. The molecule has 0 fully saturated rings. The van der Waals surface area contributed by atoms with E-state index in [2.05, 4.69) is 40.3 Å². The molecule has 1 aliphatic heterocycles. The molecule has 0 unspecified atom stereocenters. The molecule has 6 nitrogen and oxygen atoms in total. The van der Waals surface area contributed by atoms with E-state index in [-0.39, 0.29) is 12.0 Å². The maximum atomic E-state index is 12.3. The molecule has 2 aromatic rings. The number of ether oxygens (including phenoxy) is 1. The van der Waals surface area contributed by atoms with Crippen molar-refractivity contribution in [2.75, 3.05) is 6.54 Å². The van der Waals surface area contributed by atoms with Gasteiger partial charge in [0.1, 0.15) is 5.75 Å². The third-order valence-corrected chi connectivity index (χ3v) is 4.90. The van der Waals surface area contributed by atoms with Crippen molar-refractivity contribution in [1.82, 2.24) is 20.4 Å². The molecule has 3 rings (SSSR count). The first-order valence-electron chi connectivity index (χ1n) is 9.93. The number of hydrogen-bond donors (Lipinski definition) is 2. The van der Waals surface area contributed by atoms with E-state index in [1.807, 2.05) is 24.3 Å². The van der Waals surface area contributed by atoms with Gasteiger partial charge in [0.25, 0.3) is 0 Å². The van der Waals surface area contributed by atoms with Gasteiger partial charge < -0.3 is 15.4 Å². The first-order chi connectivity index (χ1) is 13.2. The van der Waals surface area contributed by atoms with Gasteiger partial charge in [-0.1, -0.05) is 25.1 Å². The van der Waals surface area contributed by atoms with E-state index >= 15 is 0 Å². The second-order valence-corrected chi connectivity index (χ2v) is 7.10. The summed E-state index contributed by atoms with van der Waals surface area (Å²) in [6.45, 7) is 7.46. The molecule has 0 bridgehead atoms. The van der Waals surface area contributed by atoms with Crippen LogP contribution in [0.4, 0.5) is 0 Å². The van der Waals surface area contributed by atoms with Crippen molar-refractivity contribution in [3.8, 4) is 5.75 Å². The Bertz CT molecular complexity index is 733. The second kappa shape index (κ2) is 9.55. The fourth-order valence-electron chi connectivity index (χ4n) is 3.13. The maximum Gasteiger partial charge on any atom is 0.220 e. The number of nitrogens with zero attached hydrogens (tertiary/aromatic N) is 2. The van der Waals surface area contributed by atoms with Crippen molar-refractivity contribution in [3.63, 3.8) is 0 Å². The molecule has 0 saturated carbocycles. The monoisotopic (exact) mass is 370 g/mol. The zero-order chi connectivity index (χ0) is 19.1. The summed E-state index contributed by atoms with van der Waals surface area (Å²) in [4.78, 5) is 12.3. The Balaban J connectivity index is 1.49. The minimum absolute atomic E-state index is 0.0367. The molecule has 2 heterocycles. The number of carbonyl (C=O) groups excluding carboxylic acids is 1. The van der Waals surface area contributed by atoms with Crippen LogP contribution in [-0.2, 0) is 30.8 Å². The lowest BCUT2D eigenvalue weighted by Crippen LogP contribution is -2.23. The largest absolute Gasteiger partial charge is 0.490 e. The zero-order valence-corrected chi connectivity index (χ0v) is 16.3. The van der Waals surface area contributed by atoms with Crippen LogP contribution >= 0.6 is 0 Å². The second-order valence-electron chi connectivity index (χ2n) is 7.10. The average molecular weight is 370 g/mol. The Morgan fingerprint density at radius 3 is 3.11 bits per heavy atom. The highest BCUT2D eigenvalue weighted by atomic mass is 16.5. The third kappa shape index (κ3) is 5.57. The van der Waals surface area contributed by atoms with Crippen LogP contribution in [0, 0.1) is 0 Å². The van der Waals surface area contributed by atoms with Crippen molar-refractivity contribution < 1.29 is 9.53 Å². The average Bonchev–Trinajstić information content (AvgIpc) is 2.94. The van der Waals surface area contributed by atoms with Crippen LogP contribution in [0.1, 0.15) is 50.1 Å². The first kappa shape index (κ1) is 19.4. The normalized spacial score (nSPS) is 14.9. The van der Waals surface area contributed by atoms with Crippen molar-refractivity contribution in [3.05, 3.63) is 47.3 Å². The minimum atomic E-state index is 0.0367. The number of para-hydroxylation sites is 1. The van der Waals surface area contributed by atoms with Gasteiger partial charge in [-0.3, -0.25) is 9.48 Å². The van der Waals surface area contributed by atoms with Gasteiger partial charge in [-0.15, -0.1) is 0 Å². The smallest absolute Gasteiger partial charge is 0.220 e. The van der Waals surface area contributed by atoms with Gasteiger partial charge in [-0.25, -0.2) is 0 Å². The summed E-state index contributed by atoms with van der Waals surface area (Å²) in [6.07, 6.45) is 3.31. The van der Waals surface area contributed by atoms with Gasteiger partial charge in [0, 0.05) is 38.0 Å². The van der Waals surface area contributed by atoms with E-state index in [0.29, 0.717) is 19.4 Å². The maximum absolute atomic E-state index is 12.3. The van der Waals surface area contributed by atoms with Crippen LogP contribution < -0.4 is 15.4 Å². The number of hydrogen-bond acceptors (Lipinski definition) is 4. The number of carbonyl (C=O) groups is 1. The van der Waals surface area contributed by atoms with E-state index in [9.17, 15) is 4.79 Å². The molecular weight excluding hydrogens is 340 g/mol. The van der Waals surface area contributed by atoms with Crippen LogP contribution in [0.15, 0.2) is 30.3 Å². The number of benzene rings is 1. The highest BCUT2D eigenvalue weighted by molar-refractivity contribution is 5.76. The van der Waals surface area contributed by atoms with Gasteiger partial charge in [0.05, 0.1) is 17.5 Å². The molecule has 1 atom stereocenters. The van der Waals surface area contributed by atoms with Gasteiger partial charge in [0.2, 0.25) is 5.91 Å². The minimum Gasteiger partial charge on any atom is -0.490 e. The molecule has 1 aromatic carbocycles. The predicted octanol–water partition coefficient (Wildman–Crippen LogP) is 2.80. The van der Waals surface area contributed by atoms with Crippen LogP contribution in [0.25, 0.3) is 0 Å². The van der Waals surface area contributed by atoms with Gasteiger partial charge in [0.15, 0.2) is 0 Å². The Hall–Kier alpha value is -2.34. The van der Waals surface area contributed by atoms with E-state index in [4.69, 9.17) is 4.74 Å². The van der Waals surface area contributed by atoms with Crippen LogP contribution in [0.3, 0.4) is 0 Å². The van der Waals surface area contributed by atoms with Crippen molar-refractivity contribution in [2.45, 2.75) is 65.3 Å². The van der Waals surface area contributed by atoms with Crippen molar-refractivity contribution in [1.29, 1.82) is 0 Å². The summed E-state index contributed by atoms with van der Waals surface area (Å²) in [5, 5.41) is 11.0. The summed E-state index contributed by atoms with van der Waals surface area (Å²) >= 11 is 0. The van der Waals surface area contributed by atoms with Crippen LogP contribution in [0.2, 0.25) is 0 Å². The molecule has 6 heteroatoms. The number of fused-ring (bicyclic) bond motifs is 1. The van der Waals surface area contributed by atoms with Crippen molar-refractivity contribution >= 4 is 5.91 Å². The molecule has 1 aliphatic rings. The highest BCUT2D eigenvalue weighted by Gasteiger charge is 2.12. The van der Waals surface area contributed by atoms with Crippen molar-refractivity contribution in [2.24, 2.45) is 0 Å². The lowest BCUT2D eigenvalue weighted by atomic mass is 10.1. The van der Waals surface area contributed by atoms with Gasteiger partial charge >= 0.3 is 0 Å². The standard InChI is InChI=1S/C21H30N4O2/c1-3-16(2)27-20-8-5-4-7-17(20)14-23-21(26)10-9-18-13-19-15-22-11-6-12-25(19)24-18/h4-5,7-8,13,16,22H,3,6,9-12,14-15H2,1-2H3,(H,23,26)/t16-/m0/s1. The van der Waals surface area contributed by atoms with Gasteiger partial charge in [-0.2, -0.15) is 5.10 Å². The van der Waals surface area contributed by atoms with Crippen LogP contribution in [0.5, 0.6) is 5.75 Å². The first-order valence-corrected chi connectivity index (χ1v) is 9.93. The summed E-state index contributed by atoms with van der Waals surface area (Å²) < 4.78 is 8.01. The van der Waals surface area contributed by atoms with Crippen LogP contribution in [-0.4, -0.2) is 28.3 Å². The third-order valence-electron chi connectivity index (χ3n) is 4.90. The number of aryl methyl sites for hydroxylation is 2.